The van der Waals surface area contributed by atoms with Crippen molar-refractivity contribution >= 4 is 23.5 Å². The topological polar surface area (TPSA) is 104 Å². The van der Waals surface area contributed by atoms with Crippen molar-refractivity contribution in [1.29, 1.82) is 0 Å². The first-order valence-electron chi connectivity index (χ1n) is 9.03. The van der Waals surface area contributed by atoms with Gasteiger partial charge in [0.15, 0.2) is 5.96 Å². The Hall–Kier alpha value is -2.77. The van der Waals surface area contributed by atoms with Crippen LogP contribution in [0.15, 0.2) is 29.3 Å². The van der Waals surface area contributed by atoms with Crippen LogP contribution in [0.4, 0.5) is 5.69 Å². The maximum Gasteiger partial charge on any atom is 0.242 e. The molecule has 1 aromatic rings. The summed E-state index contributed by atoms with van der Waals surface area (Å²) < 4.78 is 5.67. The summed E-state index contributed by atoms with van der Waals surface area (Å²) in [5.41, 5.74) is 0.408. The highest BCUT2D eigenvalue weighted by Crippen LogP contribution is 2.16. The van der Waals surface area contributed by atoms with Crippen molar-refractivity contribution in [2.75, 3.05) is 31.6 Å². The molecule has 0 atom stereocenters. The van der Waals surface area contributed by atoms with Crippen LogP contribution in [0.5, 0.6) is 5.75 Å². The zero-order valence-electron chi connectivity index (χ0n) is 16.8. The second kappa shape index (κ2) is 11.1. The van der Waals surface area contributed by atoms with Crippen molar-refractivity contribution in [2.45, 2.75) is 40.2 Å². The Morgan fingerprint density at radius 2 is 1.93 bits per heavy atom. The van der Waals surface area contributed by atoms with E-state index in [9.17, 15) is 9.59 Å². The molecule has 0 fully saturated rings. The molecular formula is C19H31N5O3. The molecule has 2 amide bonds. The number of carbonyl (C=O) groups excluding carboxylic acids is 2. The Morgan fingerprint density at radius 3 is 2.56 bits per heavy atom. The van der Waals surface area contributed by atoms with Gasteiger partial charge in [0.25, 0.3) is 0 Å². The lowest BCUT2D eigenvalue weighted by molar-refractivity contribution is -0.121. The minimum absolute atomic E-state index is 0.0478. The second-order valence-corrected chi connectivity index (χ2v) is 6.98. The van der Waals surface area contributed by atoms with Gasteiger partial charge in [-0.1, -0.05) is 6.07 Å². The predicted octanol–water partition coefficient (Wildman–Crippen LogP) is 1.49. The molecule has 0 heterocycles. The Labute approximate surface area is 161 Å². The molecule has 0 aliphatic carbocycles. The minimum atomic E-state index is -0.280. The van der Waals surface area contributed by atoms with E-state index in [-0.39, 0.29) is 23.9 Å². The largest absolute Gasteiger partial charge is 0.492 e. The number of aliphatic imine (C=N–C) groups is 1. The van der Waals surface area contributed by atoms with Gasteiger partial charge in [0.1, 0.15) is 18.9 Å². The molecule has 0 saturated carbocycles. The van der Waals surface area contributed by atoms with Gasteiger partial charge in [0.05, 0.1) is 6.54 Å². The molecule has 0 aliphatic rings. The number of benzene rings is 1. The van der Waals surface area contributed by atoms with Crippen LogP contribution in [-0.2, 0) is 9.59 Å². The third-order valence-corrected chi connectivity index (χ3v) is 3.06. The van der Waals surface area contributed by atoms with Crippen LogP contribution < -0.4 is 26.0 Å². The van der Waals surface area contributed by atoms with Gasteiger partial charge >= 0.3 is 0 Å². The normalized spacial score (nSPS) is 11.5. The van der Waals surface area contributed by atoms with Crippen molar-refractivity contribution in [2.24, 2.45) is 4.99 Å². The lowest BCUT2D eigenvalue weighted by Gasteiger charge is -2.20. The quantitative estimate of drug-likeness (QED) is 0.312. The van der Waals surface area contributed by atoms with E-state index in [1.54, 1.807) is 12.1 Å². The number of ether oxygens (including phenoxy) is 1. The molecule has 8 nitrogen and oxygen atoms in total. The van der Waals surface area contributed by atoms with Gasteiger partial charge < -0.3 is 26.0 Å². The van der Waals surface area contributed by atoms with E-state index in [1.165, 1.54) is 6.92 Å². The Kier molecular flexibility index (Phi) is 9.12. The summed E-state index contributed by atoms with van der Waals surface area (Å²) in [5.74, 6) is 0.952. The standard InChI is InChI=1S/C19H31N5O3/c1-6-20-18(22-13-17(26)24-19(3,4)5)21-10-11-27-16-9-7-8-15(12-16)23-14(2)25/h7-9,12H,6,10-11,13H2,1-5H3,(H,23,25)(H,24,26)(H2,20,21,22). The van der Waals surface area contributed by atoms with Gasteiger partial charge in [-0.25, -0.2) is 4.99 Å². The van der Waals surface area contributed by atoms with Crippen molar-refractivity contribution in [3.05, 3.63) is 24.3 Å². The van der Waals surface area contributed by atoms with E-state index in [0.717, 1.165) is 0 Å². The zero-order valence-corrected chi connectivity index (χ0v) is 16.8. The van der Waals surface area contributed by atoms with Crippen LogP contribution in [-0.4, -0.2) is 49.6 Å². The molecule has 0 saturated heterocycles. The van der Waals surface area contributed by atoms with Gasteiger partial charge in [-0.2, -0.15) is 0 Å². The summed E-state index contributed by atoms with van der Waals surface area (Å²) in [7, 11) is 0. The number of hydrogen-bond acceptors (Lipinski definition) is 4. The molecule has 0 spiro atoms. The molecule has 1 aromatic carbocycles. The molecule has 150 valence electrons. The van der Waals surface area contributed by atoms with Crippen molar-refractivity contribution in [3.8, 4) is 5.75 Å². The highest BCUT2D eigenvalue weighted by atomic mass is 16.5. The fourth-order valence-corrected chi connectivity index (χ4v) is 2.16. The summed E-state index contributed by atoms with van der Waals surface area (Å²) in [6, 6.07) is 7.19. The highest BCUT2D eigenvalue weighted by molar-refractivity contribution is 5.88. The summed E-state index contributed by atoms with van der Waals surface area (Å²) in [5, 5.41) is 11.8. The van der Waals surface area contributed by atoms with Gasteiger partial charge in [0, 0.05) is 30.8 Å². The summed E-state index contributed by atoms with van der Waals surface area (Å²) in [4.78, 5) is 27.2. The lowest BCUT2D eigenvalue weighted by Crippen LogP contribution is -2.43. The number of carbonyl (C=O) groups is 2. The number of hydrogen-bond donors (Lipinski definition) is 4. The molecule has 0 radical (unpaired) electrons. The van der Waals surface area contributed by atoms with Crippen molar-refractivity contribution in [3.63, 3.8) is 0 Å². The van der Waals surface area contributed by atoms with Crippen LogP contribution in [0.3, 0.4) is 0 Å². The molecule has 1 rings (SSSR count). The average Bonchev–Trinajstić information content (AvgIpc) is 2.54. The molecule has 0 unspecified atom stereocenters. The Morgan fingerprint density at radius 1 is 1.19 bits per heavy atom. The van der Waals surface area contributed by atoms with Crippen molar-refractivity contribution < 1.29 is 14.3 Å². The molecule has 0 bridgehead atoms. The van der Waals surface area contributed by atoms with E-state index in [2.05, 4.69) is 26.3 Å². The van der Waals surface area contributed by atoms with E-state index in [4.69, 9.17) is 4.74 Å². The average molecular weight is 377 g/mol. The maximum absolute atomic E-state index is 11.9. The van der Waals surface area contributed by atoms with E-state index in [1.807, 2.05) is 39.8 Å². The second-order valence-electron chi connectivity index (χ2n) is 6.98. The minimum Gasteiger partial charge on any atom is -0.492 e. The van der Waals surface area contributed by atoms with Gasteiger partial charge in [-0.3, -0.25) is 9.59 Å². The first-order valence-corrected chi connectivity index (χ1v) is 9.03. The van der Waals surface area contributed by atoms with Gasteiger partial charge in [-0.15, -0.1) is 0 Å². The van der Waals surface area contributed by atoms with Gasteiger partial charge in [0.2, 0.25) is 11.8 Å². The first-order chi connectivity index (χ1) is 12.7. The molecular weight excluding hydrogens is 346 g/mol. The van der Waals surface area contributed by atoms with Crippen LogP contribution in [0.1, 0.15) is 34.6 Å². The Balaban J connectivity index is 2.45. The summed E-state index contributed by atoms with van der Waals surface area (Å²) >= 11 is 0. The third kappa shape index (κ3) is 10.7. The van der Waals surface area contributed by atoms with Crippen LogP contribution >= 0.6 is 0 Å². The number of guanidine groups is 1. The first kappa shape index (κ1) is 22.3. The maximum atomic E-state index is 11.9. The summed E-state index contributed by atoms with van der Waals surface area (Å²) in [6.45, 7) is 10.8. The van der Waals surface area contributed by atoms with E-state index >= 15 is 0 Å². The number of rotatable bonds is 8. The number of nitrogens with zero attached hydrogens (tertiary/aromatic N) is 1. The number of nitrogens with one attached hydrogen (secondary N) is 4. The molecule has 0 aliphatic heterocycles. The molecule has 0 aromatic heterocycles. The van der Waals surface area contributed by atoms with Crippen LogP contribution in [0, 0.1) is 0 Å². The number of anilines is 1. The predicted molar refractivity (Wildman–Crippen MR) is 108 cm³/mol. The molecule has 8 heteroatoms. The van der Waals surface area contributed by atoms with Crippen LogP contribution in [0.25, 0.3) is 0 Å². The zero-order chi connectivity index (χ0) is 20.3. The highest BCUT2D eigenvalue weighted by Gasteiger charge is 2.13. The van der Waals surface area contributed by atoms with E-state index in [0.29, 0.717) is 37.1 Å². The molecule has 27 heavy (non-hydrogen) atoms. The third-order valence-electron chi connectivity index (χ3n) is 3.06. The fraction of sp³-hybridized carbons (Fsp3) is 0.526. The van der Waals surface area contributed by atoms with Crippen molar-refractivity contribution in [1.82, 2.24) is 16.0 Å². The molecule has 4 N–H and O–H groups in total. The Bertz CT molecular complexity index is 653. The lowest BCUT2D eigenvalue weighted by atomic mass is 10.1. The monoisotopic (exact) mass is 377 g/mol. The fourth-order valence-electron chi connectivity index (χ4n) is 2.16. The smallest absolute Gasteiger partial charge is 0.242 e. The van der Waals surface area contributed by atoms with E-state index < -0.39 is 0 Å². The van der Waals surface area contributed by atoms with Crippen LogP contribution in [0.2, 0.25) is 0 Å². The van der Waals surface area contributed by atoms with Gasteiger partial charge in [-0.05, 0) is 39.8 Å². The SMILES string of the molecule is CCNC(=NCC(=O)NC(C)(C)C)NCCOc1cccc(NC(C)=O)c1. The summed E-state index contributed by atoms with van der Waals surface area (Å²) in [6.07, 6.45) is 0. The number of amides is 2.